The molecule has 242 valence electrons. The maximum absolute atomic E-state index is 14.8. The van der Waals surface area contributed by atoms with Crippen LogP contribution in [0.15, 0.2) is 133 Å². The van der Waals surface area contributed by atoms with Crippen LogP contribution in [-0.2, 0) is 0 Å². The molecule has 0 aliphatic carbocycles. The summed E-state index contributed by atoms with van der Waals surface area (Å²) in [6, 6.07) is 39.2. The van der Waals surface area contributed by atoms with Gasteiger partial charge >= 0.3 is 11.9 Å². The molecule has 6 rings (SSSR count). The van der Waals surface area contributed by atoms with Gasteiger partial charge in [-0.3, -0.25) is 0 Å². The predicted octanol–water partition coefficient (Wildman–Crippen LogP) is 9.63. The molecule has 0 N–H and O–H groups in total. The Morgan fingerprint density at radius 2 is 0.900 bits per heavy atom. The van der Waals surface area contributed by atoms with Gasteiger partial charge in [-0.1, -0.05) is 55.5 Å². The molecule has 6 aromatic rings. The lowest BCUT2D eigenvalue weighted by atomic mass is 9.92. The second-order valence-electron chi connectivity index (χ2n) is 11.4. The van der Waals surface area contributed by atoms with E-state index in [9.17, 15) is 18.4 Å². The SMILES string of the molecule is CC(c1ccc(C(=O)Oc2ccc(-c3ccc(C#N)cc3)c(F)c2)cc1)c1ccc(C(=O)Oc2ccc(-c3ccc(C#N)cc3)c(F)c2)cc1. The summed E-state index contributed by atoms with van der Waals surface area (Å²) in [5.74, 6) is -2.36. The minimum Gasteiger partial charge on any atom is -0.423 e. The summed E-state index contributed by atoms with van der Waals surface area (Å²) in [5.41, 5.74) is 5.17. The molecule has 0 aliphatic heterocycles. The Hall–Kier alpha value is -6.90. The summed E-state index contributed by atoms with van der Waals surface area (Å²) in [7, 11) is 0. The van der Waals surface area contributed by atoms with E-state index in [1.54, 1.807) is 97.1 Å². The number of nitrogens with zero attached hydrogens (tertiary/aromatic N) is 2. The molecule has 0 saturated heterocycles. The van der Waals surface area contributed by atoms with Crippen LogP contribution in [-0.4, -0.2) is 11.9 Å². The fraction of sp³-hybridized carbons (Fsp3) is 0.0476. The zero-order chi connectivity index (χ0) is 35.2. The van der Waals surface area contributed by atoms with Crippen molar-refractivity contribution in [3.05, 3.63) is 178 Å². The highest BCUT2D eigenvalue weighted by Gasteiger charge is 2.16. The second kappa shape index (κ2) is 14.5. The number of ether oxygens (including phenoxy) is 2. The van der Waals surface area contributed by atoms with Gasteiger partial charge in [-0.15, -0.1) is 0 Å². The Morgan fingerprint density at radius 1 is 0.540 bits per heavy atom. The molecule has 0 radical (unpaired) electrons. The summed E-state index contributed by atoms with van der Waals surface area (Å²) in [6.07, 6.45) is 0. The number of hydrogen-bond acceptors (Lipinski definition) is 6. The molecule has 0 bridgehead atoms. The highest BCUT2D eigenvalue weighted by atomic mass is 19.1. The molecule has 0 aliphatic rings. The van der Waals surface area contributed by atoms with Gasteiger partial charge in [0.1, 0.15) is 23.1 Å². The van der Waals surface area contributed by atoms with Crippen LogP contribution in [0, 0.1) is 34.3 Å². The van der Waals surface area contributed by atoms with Gasteiger partial charge in [0.05, 0.1) is 34.4 Å². The first kappa shape index (κ1) is 33.0. The molecule has 0 atom stereocenters. The number of carbonyl (C=O) groups is 2. The third kappa shape index (κ3) is 7.31. The van der Waals surface area contributed by atoms with Crippen molar-refractivity contribution in [1.29, 1.82) is 10.5 Å². The van der Waals surface area contributed by atoms with Gasteiger partial charge in [0, 0.05) is 29.2 Å². The Bertz CT molecular complexity index is 2120. The van der Waals surface area contributed by atoms with Crippen molar-refractivity contribution in [2.24, 2.45) is 0 Å². The fourth-order valence-electron chi connectivity index (χ4n) is 5.38. The smallest absolute Gasteiger partial charge is 0.343 e. The van der Waals surface area contributed by atoms with Crippen LogP contribution in [0.4, 0.5) is 8.78 Å². The van der Waals surface area contributed by atoms with Gasteiger partial charge < -0.3 is 9.47 Å². The molecule has 0 amide bonds. The molecule has 0 saturated carbocycles. The number of nitriles is 2. The second-order valence-corrected chi connectivity index (χ2v) is 11.4. The first-order valence-corrected chi connectivity index (χ1v) is 15.5. The molecule has 0 heterocycles. The van der Waals surface area contributed by atoms with Crippen molar-refractivity contribution in [2.75, 3.05) is 0 Å². The van der Waals surface area contributed by atoms with E-state index in [0.29, 0.717) is 33.4 Å². The van der Waals surface area contributed by atoms with E-state index in [0.717, 1.165) is 23.3 Å². The van der Waals surface area contributed by atoms with Crippen LogP contribution in [0.1, 0.15) is 55.8 Å². The Kier molecular flexibility index (Phi) is 9.56. The Labute approximate surface area is 287 Å². The van der Waals surface area contributed by atoms with Gasteiger partial charge in [-0.2, -0.15) is 10.5 Å². The van der Waals surface area contributed by atoms with Gasteiger partial charge in [0.15, 0.2) is 0 Å². The average Bonchev–Trinajstić information content (AvgIpc) is 3.15. The summed E-state index contributed by atoms with van der Waals surface area (Å²) < 4.78 is 40.5. The summed E-state index contributed by atoms with van der Waals surface area (Å²) >= 11 is 0. The zero-order valence-electron chi connectivity index (χ0n) is 26.6. The lowest BCUT2D eigenvalue weighted by Crippen LogP contribution is -2.09. The number of esters is 2. The number of hydrogen-bond donors (Lipinski definition) is 0. The Balaban J connectivity index is 1.06. The van der Waals surface area contributed by atoms with Gasteiger partial charge in [0.25, 0.3) is 0 Å². The first-order chi connectivity index (χ1) is 24.2. The standard InChI is InChI=1S/C42H26F2N2O4/c1-26(29-10-14-33(15-11-29)41(47)49-35-18-20-37(39(43)22-35)31-6-2-27(24-45)3-7-31)30-12-16-34(17-13-30)42(48)50-36-19-21-38(40(44)23-36)32-8-4-28(25-46)5-9-32/h2-23,26H,1H3. The van der Waals surface area contributed by atoms with Crippen molar-refractivity contribution in [2.45, 2.75) is 12.8 Å². The number of rotatable bonds is 8. The van der Waals surface area contributed by atoms with Gasteiger partial charge in [-0.05, 0) is 95.1 Å². The van der Waals surface area contributed by atoms with E-state index in [2.05, 4.69) is 0 Å². The molecule has 0 fully saturated rings. The summed E-state index contributed by atoms with van der Waals surface area (Å²) in [4.78, 5) is 25.6. The van der Waals surface area contributed by atoms with Crippen molar-refractivity contribution < 1.29 is 27.8 Å². The van der Waals surface area contributed by atoms with E-state index in [1.807, 2.05) is 19.1 Å². The topological polar surface area (TPSA) is 100 Å². The van der Waals surface area contributed by atoms with Crippen molar-refractivity contribution in [1.82, 2.24) is 0 Å². The average molecular weight is 661 g/mol. The monoisotopic (exact) mass is 660 g/mol. The minimum atomic E-state index is -0.638. The highest BCUT2D eigenvalue weighted by molar-refractivity contribution is 5.92. The number of benzene rings is 6. The van der Waals surface area contributed by atoms with Crippen LogP contribution in [0.5, 0.6) is 11.5 Å². The third-order valence-electron chi connectivity index (χ3n) is 8.24. The van der Waals surface area contributed by atoms with Crippen molar-refractivity contribution in [3.8, 4) is 45.9 Å². The van der Waals surface area contributed by atoms with Gasteiger partial charge in [0.2, 0.25) is 0 Å². The largest absolute Gasteiger partial charge is 0.423 e. The zero-order valence-corrected chi connectivity index (χ0v) is 26.6. The van der Waals surface area contributed by atoms with E-state index in [-0.39, 0.29) is 28.5 Å². The molecular weight excluding hydrogens is 634 g/mol. The molecule has 8 heteroatoms. The third-order valence-corrected chi connectivity index (χ3v) is 8.24. The quantitative estimate of drug-likeness (QED) is 0.119. The lowest BCUT2D eigenvalue weighted by Gasteiger charge is -2.14. The Morgan fingerprint density at radius 3 is 1.22 bits per heavy atom. The van der Waals surface area contributed by atoms with Crippen LogP contribution in [0.2, 0.25) is 0 Å². The maximum Gasteiger partial charge on any atom is 0.343 e. The summed E-state index contributed by atoms with van der Waals surface area (Å²) in [6.45, 7) is 1.98. The molecule has 0 spiro atoms. The number of carbonyl (C=O) groups excluding carboxylic acids is 2. The summed E-state index contributed by atoms with van der Waals surface area (Å²) in [5, 5.41) is 17.9. The van der Waals surface area contributed by atoms with E-state index in [1.165, 1.54) is 24.3 Å². The molecule has 0 aromatic heterocycles. The van der Waals surface area contributed by atoms with Crippen LogP contribution >= 0.6 is 0 Å². The number of halogens is 2. The van der Waals surface area contributed by atoms with E-state index >= 15 is 0 Å². The lowest BCUT2D eigenvalue weighted by molar-refractivity contribution is 0.0724. The molecule has 0 unspecified atom stereocenters. The minimum absolute atomic E-state index is 0.0613. The highest BCUT2D eigenvalue weighted by Crippen LogP contribution is 2.30. The van der Waals surface area contributed by atoms with Crippen LogP contribution in [0.3, 0.4) is 0 Å². The molecule has 6 aromatic carbocycles. The normalized spacial score (nSPS) is 10.6. The van der Waals surface area contributed by atoms with Crippen molar-refractivity contribution >= 4 is 11.9 Å². The van der Waals surface area contributed by atoms with Crippen LogP contribution in [0.25, 0.3) is 22.3 Å². The van der Waals surface area contributed by atoms with Crippen molar-refractivity contribution in [3.63, 3.8) is 0 Å². The van der Waals surface area contributed by atoms with Gasteiger partial charge in [-0.25, -0.2) is 18.4 Å². The predicted molar refractivity (Wildman–Crippen MR) is 183 cm³/mol. The fourth-order valence-corrected chi connectivity index (χ4v) is 5.38. The molecular formula is C42H26F2N2O4. The first-order valence-electron chi connectivity index (χ1n) is 15.5. The van der Waals surface area contributed by atoms with Crippen LogP contribution < -0.4 is 9.47 Å². The van der Waals surface area contributed by atoms with E-state index < -0.39 is 23.6 Å². The maximum atomic E-state index is 14.8. The van der Waals surface area contributed by atoms with E-state index in [4.69, 9.17) is 20.0 Å². The molecule has 50 heavy (non-hydrogen) atoms. The molecule has 6 nitrogen and oxygen atoms in total.